The van der Waals surface area contributed by atoms with E-state index in [4.69, 9.17) is 4.65 Å². The molecule has 0 aromatic heterocycles. The Kier molecular flexibility index (Phi) is 8.97. The minimum atomic E-state index is 0.786. The third kappa shape index (κ3) is 7.98. The first-order valence-corrected chi connectivity index (χ1v) is 3.88. The van der Waals surface area contributed by atoms with Crippen molar-refractivity contribution >= 4 is 7.69 Å². The van der Waals surface area contributed by atoms with E-state index in [2.05, 4.69) is 11.6 Å². The Morgan fingerprint density at radius 1 is 1.20 bits per heavy atom. The Morgan fingerprint density at radius 3 is 2.60 bits per heavy atom. The van der Waals surface area contributed by atoms with Crippen LogP contribution in [0.5, 0.6) is 0 Å². The first-order valence-electron chi connectivity index (χ1n) is 3.88. The summed E-state index contributed by atoms with van der Waals surface area (Å²) in [7, 11) is 2.97. The van der Waals surface area contributed by atoms with Crippen LogP contribution in [0.15, 0.2) is 0 Å². The highest BCUT2D eigenvalue weighted by Crippen LogP contribution is 1.97. The summed E-state index contributed by atoms with van der Waals surface area (Å²) in [6.07, 6.45) is 4.96. The molecule has 0 spiro atoms. The van der Waals surface area contributed by atoms with Gasteiger partial charge in [0.1, 0.15) is 0 Å². The van der Waals surface area contributed by atoms with Gasteiger partial charge in [0.25, 0.3) is 0 Å². The molecule has 0 bridgehead atoms. The Bertz CT molecular complexity index is 51.6. The molecule has 59 valence electrons. The summed E-state index contributed by atoms with van der Waals surface area (Å²) in [4.78, 5) is 0. The molecule has 0 aliphatic heterocycles. The number of hydrogen-bond acceptors (Lipinski definition) is 2. The molecular formula is C7H16BO2. The number of unbranched alkanes of at least 4 members (excludes halogenated alkanes) is 3. The van der Waals surface area contributed by atoms with Gasteiger partial charge in [-0.05, 0) is 6.42 Å². The van der Waals surface area contributed by atoms with E-state index < -0.39 is 0 Å². The molecule has 1 radical (unpaired) electrons. The van der Waals surface area contributed by atoms with Crippen LogP contribution in [0.2, 0.25) is 0 Å². The Balaban J connectivity index is 2.65. The summed E-state index contributed by atoms with van der Waals surface area (Å²) < 4.78 is 9.58. The Labute approximate surface area is 64.2 Å². The molecule has 10 heavy (non-hydrogen) atoms. The molecule has 0 saturated carbocycles. The first-order chi connectivity index (χ1) is 4.91. The lowest BCUT2D eigenvalue weighted by Crippen LogP contribution is -2.02. The summed E-state index contributed by atoms with van der Waals surface area (Å²) in [6.45, 7) is 2.98. The highest BCUT2D eigenvalue weighted by molar-refractivity contribution is 6.17. The molecule has 0 atom stereocenters. The van der Waals surface area contributed by atoms with Crippen LogP contribution in [-0.2, 0) is 9.31 Å². The molecule has 0 saturated heterocycles. The van der Waals surface area contributed by atoms with E-state index in [1.807, 2.05) is 0 Å². The van der Waals surface area contributed by atoms with Gasteiger partial charge < -0.3 is 9.31 Å². The lowest BCUT2D eigenvalue weighted by Gasteiger charge is -1.99. The average molecular weight is 143 g/mol. The van der Waals surface area contributed by atoms with E-state index in [1.54, 1.807) is 7.11 Å². The zero-order valence-corrected chi connectivity index (χ0v) is 6.93. The maximum Gasteiger partial charge on any atom is 0.487 e. The smallest absolute Gasteiger partial charge is 0.416 e. The van der Waals surface area contributed by atoms with Crippen LogP contribution in [0.4, 0.5) is 0 Å². The zero-order valence-electron chi connectivity index (χ0n) is 6.93. The lowest BCUT2D eigenvalue weighted by molar-refractivity contribution is 0.249. The Hall–Kier alpha value is -0.0151. The first kappa shape index (κ1) is 9.98. The fourth-order valence-electron chi connectivity index (χ4n) is 0.728. The number of rotatable bonds is 7. The van der Waals surface area contributed by atoms with Crippen LogP contribution in [0.25, 0.3) is 0 Å². The predicted octanol–water partition coefficient (Wildman–Crippen LogP) is 1.76. The topological polar surface area (TPSA) is 18.5 Å². The van der Waals surface area contributed by atoms with Crippen molar-refractivity contribution in [3.05, 3.63) is 0 Å². The van der Waals surface area contributed by atoms with Crippen LogP contribution in [0.3, 0.4) is 0 Å². The summed E-state index contributed by atoms with van der Waals surface area (Å²) in [6, 6.07) is 0. The third-order valence-corrected chi connectivity index (χ3v) is 1.28. The predicted molar refractivity (Wildman–Crippen MR) is 42.9 cm³/mol. The highest BCUT2D eigenvalue weighted by Gasteiger charge is 1.90. The van der Waals surface area contributed by atoms with Gasteiger partial charge in [0, 0.05) is 13.7 Å². The molecule has 0 fully saturated rings. The lowest BCUT2D eigenvalue weighted by atomic mass is 10.2. The molecule has 0 aromatic carbocycles. The fourth-order valence-corrected chi connectivity index (χ4v) is 0.728. The normalized spacial score (nSPS) is 9.80. The minimum Gasteiger partial charge on any atom is -0.416 e. The largest absolute Gasteiger partial charge is 0.487 e. The fraction of sp³-hybridized carbons (Fsp3) is 1.00. The highest BCUT2D eigenvalue weighted by atomic mass is 16.6. The van der Waals surface area contributed by atoms with E-state index in [1.165, 1.54) is 26.9 Å². The van der Waals surface area contributed by atoms with E-state index in [9.17, 15) is 0 Å². The van der Waals surface area contributed by atoms with Crippen LogP contribution >= 0.6 is 0 Å². The molecule has 3 heteroatoms. The van der Waals surface area contributed by atoms with Crippen molar-refractivity contribution in [1.29, 1.82) is 0 Å². The molecule has 0 rings (SSSR count). The van der Waals surface area contributed by atoms with Crippen LogP contribution < -0.4 is 0 Å². The van der Waals surface area contributed by atoms with Crippen molar-refractivity contribution in [2.24, 2.45) is 0 Å². The van der Waals surface area contributed by atoms with Gasteiger partial charge >= 0.3 is 7.69 Å². The van der Waals surface area contributed by atoms with Crippen LogP contribution in [-0.4, -0.2) is 21.4 Å². The molecule has 0 aliphatic rings. The van der Waals surface area contributed by atoms with Crippen molar-refractivity contribution in [3.63, 3.8) is 0 Å². The average Bonchev–Trinajstić information content (AvgIpc) is 1.97. The zero-order chi connectivity index (χ0) is 7.66. The van der Waals surface area contributed by atoms with Crippen molar-refractivity contribution < 1.29 is 9.31 Å². The maximum absolute atomic E-state index is 4.98. The SMILES string of the molecule is CCCCCCO[B]OC. The van der Waals surface area contributed by atoms with Crippen molar-refractivity contribution in [2.45, 2.75) is 32.6 Å². The second kappa shape index (κ2) is 8.98. The molecular weight excluding hydrogens is 127 g/mol. The maximum atomic E-state index is 4.98. The molecule has 0 amide bonds. The molecule has 0 N–H and O–H groups in total. The molecule has 0 unspecified atom stereocenters. The number of hydrogen-bond donors (Lipinski definition) is 0. The molecule has 0 aliphatic carbocycles. The van der Waals surface area contributed by atoms with Gasteiger partial charge in [0.2, 0.25) is 0 Å². The van der Waals surface area contributed by atoms with Gasteiger partial charge in [-0.2, -0.15) is 0 Å². The second-order valence-corrected chi connectivity index (χ2v) is 2.26. The van der Waals surface area contributed by atoms with Crippen molar-refractivity contribution in [2.75, 3.05) is 13.7 Å². The third-order valence-electron chi connectivity index (χ3n) is 1.28. The van der Waals surface area contributed by atoms with Crippen molar-refractivity contribution in [1.82, 2.24) is 0 Å². The minimum absolute atomic E-state index is 0.786. The standard InChI is InChI=1S/C7H16BO2/c1-3-4-5-6-7-10-8-9-2/h3-7H2,1-2H3. The van der Waals surface area contributed by atoms with E-state index in [0.29, 0.717) is 0 Å². The van der Waals surface area contributed by atoms with Gasteiger partial charge in [-0.1, -0.05) is 26.2 Å². The molecule has 0 heterocycles. The van der Waals surface area contributed by atoms with Crippen LogP contribution in [0.1, 0.15) is 32.6 Å². The van der Waals surface area contributed by atoms with E-state index >= 15 is 0 Å². The molecule has 2 nitrogen and oxygen atoms in total. The van der Waals surface area contributed by atoms with Gasteiger partial charge in [-0.25, -0.2) is 0 Å². The van der Waals surface area contributed by atoms with Gasteiger partial charge in [0.15, 0.2) is 0 Å². The Morgan fingerprint density at radius 2 is 2.00 bits per heavy atom. The summed E-state index contributed by atoms with van der Waals surface area (Å²) in [5.41, 5.74) is 0. The van der Waals surface area contributed by atoms with E-state index in [-0.39, 0.29) is 0 Å². The molecule has 0 aromatic rings. The van der Waals surface area contributed by atoms with Crippen molar-refractivity contribution in [3.8, 4) is 0 Å². The van der Waals surface area contributed by atoms with Gasteiger partial charge in [0.05, 0.1) is 0 Å². The van der Waals surface area contributed by atoms with Gasteiger partial charge in [-0.15, -0.1) is 0 Å². The summed E-state index contributed by atoms with van der Waals surface area (Å²) >= 11 is 0. The quantitative estimate of drug-likeness (QED) is 0.399. The second-order valence-electron chi connectivity index (χ2n) is 2.26. The monoisotopic (exact) mass is 143 g/mol. The van der Waals surface area contributed by atoms with Crippen LogP contribution in [0, 0.1) is 0 Å². The summed E-state index contributed by atoms with van der Waals surface area (Å²) in [5.74, 6) is 0. The van der Waals surface area contributed by atoms with E-state index in [0.717, 1.165) is 13.0 Å². The summed E-state index contributed by atoms with van der Waals surface area (Å²) in [5, 5.41) is 0. The van der Waals surface area contributed by atoms with Gasteiger partial charge in [-0.3, -0.25) is 0 Å².